The fourth-order valence-corrected chi connectivity index (χ4v) is 3.24. The molecule has 5 nitrogen and oxygen atoms in total. The van der Waals surface area contributed by atoms with Crippen molar-refractivity contribution in [3.05, 3.63) is 58.1 Å². The van der Waals surface area contributed by atoms with Gasteiger partial charge in [0.15, 0.2) is 0 Å². The predicted molar refractivity (Wildman–Crippen MR) is 101 cm³/mol. The highest BCUT2D eigenvalue weighted by Gasteiger charge is 2.28. The van der Waals surface area contributed by atoms with Crippen LogP contribution in [0.5, 0.6) is 0 Å². The van der Waals surface area contributed by atoms with Crippen LogP contribution in [0.25, 0.3) is 0 Å². The summed E-state index contributed by atoms with van der Waals surface area (Å²) in [6.07, 6.45) is 4.13. The van der Waals surface area contributed by atoms with Crippen LogP contribution in [0.4, 0.5) is 11.4 Å². The van der Waals surface area contributed by atoms with Crippen molar-refractivity contribution in [2.45, 2.75) is 37.6 Å². The number of carboxylic acid groups (broad SMARTS) is 1. The number of amides is 1. The highest BCUT2D eigenvalue weighted by atomic mass is 35.5. The second-order valence-corrected chi connectivity index (χ2v) is 7.30. The number of nitrogens with one attached hydrogen (secondary N) is 2. The number of carbonyl (C=O) groups excluding carboxylic acids is 1. The number of benzene rings is 2. The van der Waals surface area contributed by atoms with Crippen molar-refractivity contribution in [1.29, 1.82) is 0 Å². The first-order valence-electron chi connectivity index (χ1n) is 8.76. The summed E-state index contributed by atoms with van der Waals surface area (Å²) in [7, 11) is 0. The Morgan fingerprint density at radius 2 is 1.81 bits per heavy atom. The second kappa shape index (κ2) is 6.65. The van der Waals surface area contributed by atoms with Gasteiger partial charge in [-0.3, -0.25) is 4.79 Å². The van der Waals surface area contributed by atoms with Crippen molar-refractivity contribution in [1.82, 2.24) is 5.32 Å². The average Bonchev–Trinajstić information content (AvgIpc) is 3.51. The number of hydrogen-bond acceptors (Lipinski definition) is 3. The van der Waals surface area contributed by atoms with Crippen molar-refractivity contribution in [2.24, 2.45) is 0 Å². The van der Waals surface area contributed by atoms with Gasteiger partial charge < -0.3 is 15.7 Å². The van der Waals surface area contributed by atoms with Crippen LogP contribution in [0.3, 0.4) is 0 Å². The van der Waals surface area contributed by atoms with E-state index in [4.69, 9.17) is 11.6 Å². The Balaban J connectivity index is 1.63. The van der Waals surface area contributed by atoms with Gasteiger partial charge >= 0.3 is 5.97 Å². The zero-order valence-electron chi connectivity index (χ0n) is 14.1. The van der Waals surface area contributed by atoms with Crippen molar-refractivity contribution < 1.29 is 14.7 Å². The summed E-state index contributed by atoms with van der Waals surface area (Å²) in [6, 6.07) is 10.6. The van der Waals surface area contributed by atoms with Crippen molar-refractivity contribution in [2.75, 3.05) is 5.32 Å². The van der Waals surface area contributed by atoms with Crippen LogP contribution in [0.1, 0.15) is 57.9 Å². The van der Waals surface area contributed by atoms with Crippen LogP contribution in [-0.2, 0) is 0 Å². The molecule has 134 valence electrons. The van der Waals surface area contributed by atoms with Crippen LogP contribution in [0.15, 0.2) is 36.4 Å². The maximum atomic E-state index is 12.3. The minimum absolute atomic E-state index is 0.162. The zero-order chi connectivity index (χ0) is 18.3. The summed E-state index contributed by atoms with van der Waals surface area (Å²) in [6.45, 7) is 0. The molecule has 0 spiro atoms. The molecule has 2 saturated carbocycles. The van der Waals surface area contributed by atoms with Crippen molar-refractivity contribution in [3.63, 3.8) is 0 Å². The molecule has 0 radical (unpaired) electrons. The molecule has 0 heterocycles. The lowest BCUT2D eigenvalue weighted by atomic mass is 10.0. The summed E-state index contributed by atoms with van der Waals surface area (Å²) in [5, 5.41) is 15.8. The molecule has 0 aromatic heterocycles. The number of halogens is 1. The molecule has 3 N–H and O–H groups in total. The van der Waals surface area contributed by atoms with Gasteiger partial charge in [-0.25, -0.2) is 4.79 Å². The highest BCUT2D eigenvalue weighted by Crippen LogP contribution is 2.45. The van der Waals surface area contributed by atoms with E-state index in [1.165, 1.54) is 0 Å². The van der Waals surface area contributed by atoms with E-state index in [-0.39, 0.29) is 17.5 Å². The van der Waals surface area contributed by atoms with E-state index in [9.17, 15) is 14.7 Å². The SMILES string of the molecule is O=C(O)c1ccc(Nc2cccc(C(=O)NC3CC3)c2Cl)c(C2CC2)c1. The van der Waals surface area contributed by atoms with Crippen LogP contribution in [-0.4, -0.2) is 23.0 Å². The van der Waals surface area contributed by atoms with E-state index in [1.807, 2.05) is 6.07 Å². The summed E-state index contributed by atoms with van der Waals surface area (Å²) in [4.78, 5) is 23.6. The second-order valence-electron chi connectivity index (χ2n) is 6.92. The standard InChI is InChI=1S/C20H19ClN2O3/c21-18-14(19(24)22-13-7-8-13)2-1-3-17(18)23-16-9-6-12(20(25)26)10-15(16)11-4-5-11/h1-3,6,9-11,13,23H,4-5,7-8H2,(H,22,24)(H,25,26). The molecule has 2 aliphatic carbocycles. The Bertz CT molecular complexity index is 889. The topological polar surface area (TPSA) is 78.4 Å². The molecule has 2 aromatic rings. The van der Waals surface area contributed by atoms with Crippen LogP contribution >= 0.6 is 11.6 Å². The molecular weight excluding hydrogens is 352 g/mol. The Labute approximate surface area is 156 Å². The van der Waals surface area contributed by atoms with Gasteiger partial charge in [-0.2, -0.15) is 0 Å². The van der Waals surface area contributed by atoms with Gasteiger partial charge in [-0.1, -0.05) is 17.7 Å². The minimum Gasteiger partial charge on any atom is -0.478 e. The molecule has 6 heteroatoms. The normalized spacial score (nSPS) is 16.2. The highest BCUT2D eigenvalue weighted by molar-refractivity contribution is 6.36. The Morgan fingerprint density at radius 1 is 1.04 bits per heavy atom. The van der Waals surface area contributed by atoms with Crippen LogP contribution in [0, 0.1) is 0 Å². The predicted octanol–water partition coefficient (Wildman–Crippen LogP) is 4.55. The third-order valence-electron chi connectivity index (χ3n) is 4.74. The lowest BCUT2D eigenvalue weighted by Crippen LogP contribution is -2.25. The summed E-state index contributed by atoms with van der Waals surface area (Å²) in [5.41, 5.74) is 3.17. The molecule has 0 atom stereocenters. The first-order chi connectivity index (χ1) is 12.5. The largest absolute Gasteiger partial charge is 0.478 e. The number of carbonyl (C=O) groups is 2. The fourth-order valence-electron chi connectivity index (χ4n) is 2.98. The maximum Gasteiger partial charge on any atom is 0.335 e. The molecule has 2 aliphatic rings. The van der Waals surface area contributed by atoms with Crippen LogP contribution < -0.4 is 10.6 Å². The summed E-state index contributed by atoms with van der Waals surface area (Å²) < 4.78 is 0. The molecule has 1 amide bonds. The molecule has 2 aromatic carbocycles. The Kier molecular flexibility index (Phi) is 4.32. The molecule has 2 fully saturated rings. The minimum atomic E-state index is -0.935. The van der Waals surface area contributed by atoms with E-state index < -0.39 is 5.97 Å². The van der Waals surface area contributed by atoms with Gasteiger partial charge in [-0.05, 0) is 67.5 Å². The number of carboxylic acids is 1. The number of aromatic carboxylic acids is 1. The lowest BCUT2D eigenvalue weighted by Gasteiger charge is -2.15. The molecular formula is C20H19ClN2O3. The molecule has 26 heavy (non-hydrogen) atoms. The van der Waals surface area contributed by atoms with Gasteiger partial charge in [0.05, 0.1) is 21.8 Å². The van der Waals surface area contributed by atoms with E-state index in [0.29, 0.717) is 22.2 Å². The van der Waals surface area contributed by atoms with Gasteiger partial charge in [0, 0.05) is 11.7 Å². The quantitative estimate of drug-likeness (QED) is 0.697. The lowest BCUT2D eigenvalue weighted by molar-refractivity contribution is 0.0696. The number of rotatable bonds is 6. The molecule has 0 unspecified atom stereocenters. The molecule has 0 bridgehead atoms. The summed E-state index contributed by atoms with van der Waals surface area (Å²) >= 11 is 6.47. The van der Waals surface area contributed by atoms with Gasteiger partial charge in [0.2, 0.25) is 0 Å². The van der Waals surface area contributed by atoms with Gasteiger partial charge in [0.1, 0.15) is 0 Å². The molecule has 0 saturated heterocycles. The van der Waals surface area contributed by atoms with Crippen LogP contribution in [0.2, 0.25) is 5.02 Å². The number of anilines is 2. The third kappa shape index (κ3) is 3.53. The smallest absolute Gasteiger partial charge is 0.335 e. The van der Waals surface area contributed by atoms with E-state index in [1.54, 1.807) is 30.3 Å². The Hall–Kier alpha value is -2.53. The monoisotopic (exact) mass is 370 g/mol. The first-order valence-corrected chi connectivity index (χ1v) is 9.14. The van der Waals surface area contributed by atoms with E-state index >= 15 is 0 Å². The zero-order valence-corrected chi connectivity index (χ0v) is 14.8. The number of hydrogen-bond donors (Lipinski definition) is 3. The third-order valence-corrected chi connectivity index (χ3v) is 5.15. The van der Waals surface area contributed by atoms with E-state index in [0.717, 1.165) is 36.9 Å². The maximum absolute atomic E-state index is 12.3. The molecule has 0 aliphatic heterocycles. The van der Waals surface area contributed by atoms with E-state index in [2.05, 4.69) is 10.6 Å². The van der Waals surface area contributed by atoms with Crippen molar-refractivity contribution in [3.8, 4) is 0 Å². The average molecular weight is 371 g/mol. The first kappa shape index (κ1) is 16.9. The van der Waals surface area contributed by atoms with Gasteiger partial charge in [-0.15, -0.1) is 0 Å². The Morgan fingerprint density at radius 3 is 2.46 bits per heavy atom. The van der Waals surface area contributed by atoms with Crippen molar-refractivity contribution >= 4 is 34.9 Å². The fraction of sp³-hybridized carbons (Fsp3) is 0.300. The summed E-state index contributed by atoms with van der Waals surface area (Å²) in [5.74, 6) is -0.725. The molecule has 4 rings (SSSR count). The van der Waals surface area contributed by atoms with Gasteiger partial charge in [0.25, 0.3) is 5.91 Å².